The summed E-state index contributed by atoms with van der Waals surface area (Å²) in [7, 11) is 1.64. The summed E-state index contributed by atoms with van der Waals surface area (Å²) in [6.45, 7) is 4.87. The zero-order chi connectivity index (χ0) is 13.1. The number of amides is 2. The van der Waals surface area contributed by atoms with Crippen molar-refractivity contribution < 1.29 is 4.79 Å². The molecule has 1 N–H and O–H groups in total. The van der Waals surface area contributed by atoms with Gasteiger partial charge in [-0.25, -0.2) is 9.69 Å². The summed E-state index contributed by atoms with van der Waals surface area (Å²) in [4.78, 5) is 18.2. The van der Waals surface area contributed by atoms with E-state index in [-0.39, 0.29) is 6.03 Å². The van der Waals surface area contributed by atoms with Crippen molar-refractivity contribution in [1.82, 2.24) is 5.32 Å². The first kappa shape index (κ1) is 13.0. The molecular weight excluding hydrogens is 246 g/mol. The quantitative estimate of drug-likeness (QED) is 0.846. The van der Waals surface area contributed by atoms with Crippen LogP contribution in [0.25, 0.3) is 0 Å². The summed E-state index contributed by atoms with van der Waals surface area (Å²) in [5, 5.41) is 3.88. The number of urea groups is 1. The van der Waals surface area contributed by atoms with E-state index in [1.165, 1.54) is 0 Å². The standard InChI is InChI=1S/C13H17N3OS/c1-9-6-4-5-7-11(9)16(12(17)14-3)13-15-8-10(2)18-13/h4-7,10H,8H2,1-3H3,(H,14,17). The molecule has 0 fully saturated rings. The molecule has 1 aliphatic rings. The summed E-state index contributed by atoms with van der Waals surface area (Å²) >= 11 is 1.64. The molecule has 18 heavy (non-hydrogen) atoms. The minimum absolute atomic E-state index is 0.148. The molecule has 1 unspecified atom stereocenters. The first-order valence-electron chi connectivity index (χ1n) is 5.92. The molecule has 0 bridgehead atoms. The minimum atomic E-state index is -0.148. The molecule has 1 aromatic rings. The first-order valence-corrected chi connectivity index (χ1v) is 6.80. The van der Waals surface area contributed by atoms with Gasteiger partial charge in [-0.2, -0.15) is 0 Å². The molecule has 0 aromatic heterocycles. The molecule has 0 saturated carbocycles. The number of carbonyl (C=O) groups is 1. The number of amidine groups is 1. The van der Waals surface area contributed by atoms with Gasteiger partial charge >= 0.3 is 6.03 Å². The van der Waals surface area contributed by atoms with Gasteiger partial charge in [0.2, 0.25) is 0 Å². The van der Waals surface area contributed by atoms with Crippen LogP contribution in [0.4, 0.5) is 10.5 Å². The van der Waals surface area contributed by atoms with Crippen LogP contribution in [0.3, 0.4) is 0 Å². The van der Waals surface area contributed by atoms with Crippen molar-refractivity contribution in [2.75, 3.05) is 18.5 Å². The third-order valence-electron chi connectivity index (χ3n) is 2.75. The zero-order valence-electron chi connectivity index (χ0n) is 10.8. The average molecular weight is 263 g/mol. The smallest absolute Gasteiger partial charge is 0.327 e. The fourth-order valence-corrected chi connectivity index (χ4v) is 2.75. The number of hydrogen-bond donors (Lipinski definition) is 1. The van der Waals surface area contributed by atoms with E-state index in [0.717, 1.165) is 23.0 Å². The molecule has 1 aliphatic heterocycles. The number of nitrogens with one attached hydrogen (secondary N) is 1. The van der Waals surface area contributed by atoms with E-state index in [4.69, 9.17) is 0 Å². The van der Waals surface area contributed by atoms with Gasteiger partial charge in [0, 0.05) is 12.3 Å². The average Bonchev–Trinajstić information content (AvgIpc) is 2.78. The van der Waals surface area contributed by atoms with E-state index < -0.39 is 0 Å². The molecule has 2 rings (SSSR count). The molecule has 96 valence electrons. The second kappa shape index (κ2) is 5.44. The molecule has 0 spiro atoms. The second-order valence-corrected chi connectivity index (χ2v) is 5.63. The Morgan fingerprint density at radius 3 is 2.78 bits per heavy atom. The predicted octanol–water partition coefficient (Wildman–Crippen LogP) is 2.63. The zero-order valence-corrected chi connectivity index (χ0v) is 11.6. The lowest BCUT2D eigenvalue weighted by Crippen LogP contribution is -2.41. The van der Waals surface area contributed by atoms with E-state index >= 15 is 0 Å². The van der Waals surface area contributed by atoms with Crippen molar-refractivity contribution in [1.29, 1.82) is 0 Å². The van der Waals surface area contributed by atoms with Crippen molar-refractivity contribution in [3.05, 3.63) is 29.8 Å². The molecule has 4 nitrogen and oxygen atoms in total. The van der Waals surface area contributed by atoms with Gasteiger partial charge in [-0.1, -0.05) is 36.9 Å². The Hall–Kier alpha value is -1.49. The first-order chi connectivity index (χ1) is 8.63. The maximum Gasteiger partial charge on any atom is 0.327 e. The van der Waals surface area contributed by atoms with Gasteiger partial charge in [0.25, 0.3) is 0 Å². The monoisotopic (exact) mass is 263 g/mol. The molecule has 1 heterocycles. The summed E-state index contributed by atoms with van der Waals surface area (Å²) in [6, 6.07) is 7.69. The molecule has 1 aromatic carbocycles. The Balaban J connectivity index is 2.38. The second-order valence-electron chi connectivity index (χ2n) is 4.23. The number of carbonyl (C=O) groups excluding carboxylic acids is 1. The van der Waals surface area contributed by atoms with Gasteiger partial charge < -0.3 is 5.32 Å². The third kappa shape index (κ3) is 2.51. The third-order valence-corrected chi connectivity index (χ3v) is 3.83. The summed E-state index contributed by atoms with van der Waals surface area (Å²) in [6.07, 6.45) is 0. The van der Waals surface area contributed by atoms with E-state index in [1.807, 2.05) is 31.2 Å². The number of para-hydroxylation sites is 1. The van der Waals surface area contributed by atoms with Gasteiger partial charge in [-0.3, -0.25) is 4.99 Å². The molecule has 0 saturated heterocycles. The SMILES string of the molecule is CNC(=O)N(C1=NCC(C)S1)c1ccccc1C. The van der Waals surface area contributed by atoms with E-state index in [1.54, 1.807) is 23.7 Å². The van der Waals surface area contributed by atoms with Crippen LogP contribution in [0, 0.1) is 6.92 Å². The molecule has 0 aliphatic carbocycles. The fourth-order valence-electron chi connectivity index (χ4n) is 1.81. The van der Waals surface area contributed by atoms with Gasteiger partial charge in [-0.05, 0) is 18.6 Å². The topological polar surface area (TPSA) is 44.7 Å². The lowest BCUT2D eigenvalue weighted by Gasteiger charge is -2.23. The van der Waals surface area contributed by atoms with Crippen molar-refractivity contribution in [2.24, 2.45) is 4.99 Å². The van der Waals surface area contributed by atoms with Crippen molar-refractivity contribution in [2.45, 2.75) is 19.1 Å². The van der Waals surface area contributed by atoms with E-state index in [0.29, 0.717) is 5.25 Å². The Morgan fingerprint density at radius 1 is 1.50 bits per heavy atom. The highest BCUT2D eigenvalue weighted by molar-refractivity contribution is 8.15. The Bertz CT molecular complexity index is 487. The molecule has 1 atom stereocenters. The van der Waals surface area contributed by atoms with Crippen LogP contribution in [-0.2, 0) is 0 Å². The van der Waals surface area contributed by atoms with Crippen LogP contribution in [0.15, 0.2) is 29.3 Å². The maximum atomic E-state index is 12.1. The normalized spacial score (nSPS) is 18.4. The van der Waals surface area contributed by atoms with Gasteiger partial charge in [0.15, 0.2) is 5.17 Å². The number of thioether (sulfide) groups is 1. The molecule has 0 radical (unpaired) electrons. The highest BCUT2D eigenvalue weighted by Gasteiger charge is 2.27. The van der Waals surface area contributed by atoms with Crippen LogP contribution in [0.1, 0.15) is 12.5 Å². The van der Waals surface area contributed by atoms with Gasteiger partial charge in [0.1, 0.15) is 0 Å². The van der Waals surface area contributed by atoms with Crippen molar-refractivity contribution in [3.8, 4) is 0 Å². The van der Waals surface area contributed by atoms with E-state index in [2.05, 4.69) is 17.2 Å². The van der Waals surface area contributed by atoms with Crippen molar-refractivity contribution in [3.63, 3.8) is 0 Å². The van der Waals surface area contributed by atoms with Crippen LogP contribution >= 0.6 is 11.8 Å². The fraction of sp³-hybridized carbons (Fsp3) is 0.385. The Kier molecular flexibility index (Phi) is 3.91. The molecule has 2 amide bonds. The van der Waals surface area contributed by atoms with Crippen molar-refractivity contribution >= 4 is 28.6 Å². The maximum absolute atomic E-state index is 12.1. The number of nitrogens with zero attached hydrogens (tertiary/aromatic N) is 2. The summed E-state index contributed by atoms with van der Waals surface area (Å²) in [5.41, 5.74) is 1.95. The molecule has 5 heteroatoms. The number of benzene rings is 1. The number of hydrogen-bond acceptors (Lipinski definition) is 3. The number of aryl methyl sites for hydroxylation is 1. The van der Waals surface area contributed by atoms with Gasteiger partial charge in [0.05, 0.1) is 12.2 Å². The predicted molar refractivity (Wildman–Crippen MR) is 77.5 cm³/mol. The highest BCUT2D eigenvalue weighted by atomic mass is 32.2. The summed E-state index contributed by atoms with van der Waals surface area (Å²) in [5.74, 6) is 0. The van der Waals surface area contributed by atoms with E-state index in [9.17, 15) is 4.79 Å². The van der Waals surface area contributed by atoms with Crippen LogP contribution in [0.5, 0.6) is 0 Å². The number of anilines is 1. The minimum Gasteiger partial charge on any atom is -0.340 e. The van der Waals surface area contributed by atoms with Crippen LogP contribution < -0.4 is 10.2 Å². The van der Waals surface area contributed by atoms with Gasteiger partial charge in [-0.15, -0.1) is 0 Å². The lowest BCUT2D eigenvalue weighted by atomic mass is 10.2. The summed E-state index contributed by atoms with van der Waals surface area (Å²) < 4.78 is 0. The largest absolute Gasteiger partial charge is 0.340 e. The Morgan fingerprint density at radius 2 is 2.22 bits per heavy atom. The van der Waals surface area contributed by atoms with Crippen LogP contribution in [0.2, 0.25) is 0 Å². The highest BCUT2D eigenvalue weighted by Crippen LogP contribution is 2.28. The molecular formula is C13H17N3OS. The number of rotatable bonds is 1. The lowest BCUT2D eigenvalue weighted by molar-refractivity contribution is 0.251. The van der Waals surface area contributed by atoms with Crippen LogP contribution in [-0.4, -0.2) is 30.0 Å². The number of aliphatic imine (C=N–C) groups is 1. The Labute approximate surface area is 111 Å².